The van der Waals surface area contributed by atoms with Gasteiger partial charge in [0.1, 0.15) is 11.6 Å². The summed E-state index contributed by atoms with van der Waals surface area (Å²) < 4.78 is 0. The summed E-state index contributed by atoms with van der Waals surface area (Å²) in [5.41, 5.74) is 17.0. The Bertz CT molecular complexity index is 627. The zero-order valence-electron chi connectivity index (χ0n) is 9.70. The van der Waals surface area contributed by atoms with Crippen LogP contribution in [0.3, 0.4) is 0 Å². The number of aromatic nitrogens is 2. The van der Waals surface area contributed by atoms with Crippen LogP contribution in [0.15, 0.2) is 34.3 Å². The molecular weight excluding hydrogens is 266 g/mol. The van der Waals surface area contributed by atoms with E-state index < -0.39 is 5.97 Å². The van der Waals surface area contributed by atoms with Crippen molar-refractivity contribution >= 4 is 35.1 Å². The van der Waals surface area contributed by atoms with Gasteiger partial charge in [0.25, 0.3) is 0 Å². The molecule has 1 aromatic heterocycles. The molecule has 0 radical (unpaired) electrons. The van der Waals surface area contributed by atoms with Gasteiger partial charge in [-0.3, -0.25) is 0 Å². The zero-order valence-corrected chi connectivity index (χ0v) is 10.5. The zero-order chi connectivity index (χ0) is 14.0. The third-order valence-electron chi connectivity index (χ3n) is 2.21. The second kappa shape index (κ2) is 5.02. The van der Waals surface area contributed by atoms with E-state index in [-0.39, 0.29) is 22.9 Å². The third kappa shape index (κ3) is 3.05. The molecule has 0 saturated heterocycles. The highest BCUT2D eigenvalue weighted by Crippen LogP contribution is 2.28. The first-order valence-electron chi connectivity index (χ1n) is 5.16. The number of carbonyl (C=O) groups is 1. The highest BCUT2D eigenvalue weighted by atomic mass is 32.2. The molecule has 0 aliphatic carbocycles. The molecule has 1 aromatic carbocycles. The lowest BCUT2D eigenvalue weighted by Gasteiger charge is -2.05. The molecule has 8 heteroatoms. The fraction of sp³-hybridized carbons (Fsp3) is 0. The lowest BCUT2D eigenvalue weighted by atomic mass is 10.2. The Hall–Kier alpha value is -2.48. The van der Waals surface area contributed by atoms with Gasteiger partial charge in [-0.2, -0.15) is 0 Å². The van der Waals surface area contributed by atoms with Crippen molar-refractivity contribution in [2.75, 3.05) is 17.2 Å². The Balaban J connectivity index is 2.28. The molecule has 0 spiro atoms. The van der Waals surface area contributed by atoms with Crippen molar-refractivity contribution in [3.63, 3.8) is 0 Å². The highest BCUT2D eigenvalue weighted by Gasteiger charge is 2.10. The van der Waals surface area contributed by atoms with Crippen molar-refractivity contribution in [1.82, 2.24) is 9.97 Å². The van der Waals surface area contributed by atoms with Crippen LogP contribution in [0, 0.1) is 0 Å². The summed E-state index contributed by atoms with van der Waals surface area (Å²) in [5.74, 6) is -0.534. The largest absolute Gasteiger partial charge is 0.478 e. The van der Waals surface area contributed by atoms with Gasteiger partial charge in [-0.1, -0.05) is 0 Å². The molecule has 0 aliphatic heterocycles. The number of nitrogen functional groups attached to an aromatic ring is 3. The average Bonchev–Trinajstić information content (AvgIpc) is 2.26. The second-order valence-corrected chi connectivity index (χ2v) is 4.70. The first-order chi connectivity index (χ1) is 8.95. The Morgan fingerprint density at radius 2 is 1.74 bits per heavy atom. The number of hydrogen-bond donors (Lipinski definition) is 4. The second-order valence-electron chi connectivity index (χ2n) is 3.66. The summed E-state index contributed by atoms with van der Waals surface area (Å²) in [5, 5.41) is 9.25. The average molecular weight is 277 g/mol. The molecular formula is C11H11N5O2S. The minimum Gasteiger partial charge on any atom is -0.478 e. The predicted octanol–water partition coefficient (Wildman–Crippen LogP) is 1.07. The van der Waals surface area contributed by atoms with E-state index in [4.69, 9.17) is 22.3 Å². The maximum atomic E-state index is 10.8. The maximum absolute atomic E-state index is 10.8. The number of nitrogens with zero attached hydrogens (tertiary/aromatic N) is 2. The van der Waals surface area contributed by atoms with Gasteiger partial charge >= 0.3 is 5.97 Å². The van der Waals surface area contributed by atoms with Gasteiger partial charge in [0.15, 0.2) is 5.16 Å². The number of aromatic carboxylic acids is 1. The minimum absolute atomic E-state index is 0.0531. The Morgan fingerprint density at radius 1 is 1.11 bits per heavy atom. The number of nitrogens with two attached hydrogens (primary N) is 3. The van der Waals surface area contributed by atoms with Gasteiger partial charge in [-0.05, 0) is 30.0 Å². The van der Waals surface area contributed by atoms with Crippen LogP contribution in [-0.2, 0) is 0 Å². The molecule has 7 nitrogen and oxygen atoms in total. The summed E-state index contributed by atoms with van der Waals surface area (Å²) in [7, 11) is 0. The minimum atomic E-state index is -1.07. The molecule has 0 bridgehead atoms. The van der Waals surface area contributed by atoms with Crippen LogP contribution in [0.25, 0.3) is 0 Å². The van der Waals surface area contributed by atoms with E-state index in [0.29, 0.717) is 10.1 Å². The SMILES string of the molecule is Nc1cc(N)nc(Sc2ccc(C(=O)O)c(N)c2)n1. The van der Waals surface area contributed by atoms with Gasteiger partial charge in [-0.15, -0.1) is 0 Å². The predicted molar refractivity (Wildman–Crippen MR) is 72.8 cm³/mol. The summed E-state index contributed by atoms with van der Waals surface area (Å²) >= 11 is 1.20. The van der Waals surface area contributed by atoms with Crippen molar-refractivity contribution < 1.29 is 9.90 Å². The van der Waals surface area contributed by atoms with E-state index in [1.807, 2.05) is 0 Å². The van der Waals surface area contributed by atoms with E-state index in [1.165, 1.54) is 30.0 Å². The van der Waals surface area contributed by atoms with E-state index in [2.05, 4.69) is 9.97 Å². The summed E-state index contributed by atoms with van der Waals surface area (Å²) in [6.07, 6.45) is 0. The standard InChI is InChI=1S/C11H11N5O2S/c12-7-3-5(1-2-6(7)10(17)18)19-11-15-8(13)4-9(14)16-11/h1-4H,12H2,(H,17,18)(H4,13,14,15,16). The van der Waals surface area contributed by atoms with E-state index in [9.17, 15) is 4.79 Å². The fourth-order valence-electron chi connectivity index (χ4n) is 1.41. The van der Waals surface area contributed by atoms with E-state index in [0.717, 1.165) is 0 Å². The summed E-state index contributed by atoms with van der Waals surface area (Å²) in [6, 6.07) is 6.03. The van der Waals surface area contributed by atoms with Crippen LogP contribution in [-0.4, -0.2) is 21.0 Å². The molecule has 2 aromatic rings. The summed E-state index contributed by atoms with van der Waals surface area (Å²) in [4.78, 5) is 19.6. The maximum Gasteiger partial charge on any atom is 0.337 e. The molecule has 98 valence electrons. The Morgan fingerprint density at radius 3 is 2.26 bits per heavy atom. The normalized spacial score (nSPS) is 10.3. The smallest absolute Gasteiger partial charge is 0.337 e. The third-order valence-corrected chi connectivity index (χ3v) is 3.06. The number of hydrogen-bond acceptors (Lipinski definition) is 7. The van der Waals surface area contributed by atoms with Gasteiger partial charge in [0.2, 0.25) is 0 Å². The van der Waals surface area contributed by atoms with Gasteiger partial charge in [-0.25, -0.2) is 14.8 Å². The van der Waals surface area contributed by atoms with Crippen LogP contribution in [0.5, 0.6) is 0 Å². The van der Waals surface area contributed by atoms with Crippen molar-refractivity contribution in [1.29, 1.82) is 0 Å². The van der Waals surface area contributed by atoms with Gasteiger partial charge in [0, 0.05) is 16.6 Å². The van der Waals surface area contributed by atoms with Crippen LogP contribution < -0.4 is 17.2 Å². The van der Waals surface area contributed by atoms with Crippen LogP contribution in [0.1, 0.15) is 10.4 Å². The molecule has 0 fully saturated rings. The quantitative estimate of drug-likeness (QED) is 0.482. The highest BCUT2D eigenvalue weighted by molar-refractivity contribution is 7.99. The number of carboxylic acid groups (broad SMARTS) is 1. The van der Waals surface area contributed by atoms with E-state index >= 15 is 0 Å². The van der Waals surface area contributed by atoms with Gasteiger partial charge in [0.05, 0.1) is 5.56 Å². The molecule has 0 unspecified atom stereocenters. The first kappa shape index (κ1) is 13.0. The fourth-order valence-corrected chi connectivity index (χ4v) is 2.25. The monoisotopic (exact) mass is 277 g/mol. The lowest BCUT2D eigenvalue weighted by Crippen LogP contribution is -2.02. The summed E-state index contributed by atoms with van der Waals surface area (Å²) in [6.45, 7) is 0. The molecule has 7 N–H and O–H groups in total. The molecule has 0 atom stereocenters. The lowest BCUT2D eigenvalue weighted by molar-refractivity contribution is 0.0698. The van der Waals surface area contributed by atoms with Crippen LogP contribution in [0.2, 0.25) is 0 Å². The van der Waals surface area contributed by atoms with Crippen LogP contribution in [0.4, 0.5) is 17.3 Å². The molecule has 1 heterocycles. The number of carboxylic acids is 1. The Labute approximate surface area is 112 Å². The molecule has 0 amide bonds. The van der Waals surface area contributed by atoms with Crippen molar-refractivity contribution in [2.24, 2.45) is 0 Å². The topological polar surface area (TPSA) is 141 Å². The first-order valence-corrected chi connectivity index (χ1v) is 5.98. The van der Waals surface area contributed by atoms with Crippen LogP contribution >= 0.6 is 11.8 Å². The number of rotatable bonds is 3. The van der Waals surface area contributed by atoms with Crippen molar-refractivity contribution in [2.45, 2.75) is 10.1 Å². The number of anilines is 3. The van der Waals surface area contributed by atoms with Gasteiger partial charge < -0.3 is 22.3 Å². The molecule has 0 aliphatic rings. The van der Waals surface area contributed by atoms with Crippen molar-refractivity contribution in [3.05, 3.63) is 29.8 Å². The van der Waals surface area contributed by atoms with E-state index in [1.54, 1.807) is 6.07 Å². The van der Waals surface area contributed by atoms with Crippen molar-refractivity contribution in [3.8, 4) is 0 Å². The molecule has 0 saturated carbocycles. The molecule has 19 heavy (non-hydrogen) atoms. The number of benzene rings is 1. The molecule has 2 rings (SSSR count). The Kier molecular flexibility index (Phi) is 3.43.